The molecule has 0 radical (unpaired) electrons. The number of carbonyl (C=O) groups is 2. The number of alkyl halides is 3. The summed E-state index contributed by atoms with van der Waals surface area (Å²) in [5.41, 5.74) is 5.05. The summed E-state index contributed by atoms with van der Waals surface area (Å²) in [6.45, 7) is 2.56. The van der Waals surface area contributed by atoms with Gasteiger partial charge < -0.3 is 20.7 Å². The number of likely N-dealkylation sites (tertiary alicyclic amines) is 1. The molecule has 2 saturated heterocycles. The van der Waals surface area contributed by atoms with E-state index in [0.717, 1.165) is 12.1 Å². The molecule has 2 fully saturated rings. The lowest BCUT2D eigenvalue weighted by molar-refractivity contribution is -0.137. The van der Waals surface area contributed by atoms with Gasteiger partial charge in [0.1, 0.15) is 5.41 Å². The number of morpholine rings is 1. The Hall–Kier alpha value is -3.18. The van der Waals surface area contributed by atoms with Crippen LogP contribution in [0.2, 0.25) is 0 Å². The summed E-state index contributed by atoms with van der Waals surface area (Å²) in [4.78, 5) is 33.5. The number of carbonyl (C=O) groups excluding carboxylic acids is 2. The minimum Gasteiger partial charge on any atom is -0.378 e. The number of hydrogen-bond acceptors (Lipinski definition) is 6. The highest BCUT2D eigenvalue weighted by Gasteiger charge is 2.44. The molecule has 2 aliphatic heterocycles. The molecule has 35 heavy (non-hydrogen) atoms. The van der Waals surface area contributed by atoms with E-state index in [9.17, 15) is 22.8 Å². The predicted molar refractivity (Wildman–Crippen MR) is 124 cm³/mol. The summed E-state index contributed by atoms with van der Waals surface area (Å²) in [5, 5.41) is 2.67. The van der Waals surface area contributed by atoms with Gasteiger partial charge in [-0.15, -0.1) is 0 Å². The summed E-state index contributed by atoms with van der Waals surface area (Å²) >= 11 is 0. The molecule has 2 amide bonds. The van der Waals surface area contributed by atoms with Crippen molar-refractivity contribution in [3.63, 3.8) is 0 Å². The highest BCUT2D eigenvalue weighted by atomic mass is 19.4. The van der Waals surface area contributed by atoms with E-state index >= 15 is 0 Å². The van der Waals surface area contributed by atoms with Gasteiger partial charge in [-0.2, -0.15) is 13.2 Å². The standard InChI is InChI=1S/C24H28F3N5O3/c25-24(26,27)17-5-6-19(32-10-12-35-13-11-32)18(14-17)30-21(33)15-31-9-3-7-23(16-31,22(28)34)20-4-1-2-8-29-20/h1-2,4-6,8,14H,3,7,9-13,15-16H2,(H2,28,34)(H,30,33). The van der Waals surface area contributed by atoms with Crippen molar-refractivity contribution in [1.29, 1.82) is 0 Å². The molecule has 1 aromatic heterocycles. The summed E-state index contributed by atoms with van der Waals surface area (Å²) in [5.74, 6) is -0.992. The quantitative estimate of drug-likeness (QED) is 0.644. The maximum absolute atomic E-state index is 13.4. The zero-order valence-corrected chi connectivity index (χ0v) is 19.2. The van der Waals surface area contributed by atoms with Gasteiger partial charge in [-0.25, -0.2) is 0 Å². The van der Waals surface area contributed by atoms with Crippen LogP contribution in [0, 0.1) is 0 Å². The maximum Gasteiger partial charge on any atom is 0.416 e. The zero-order chi connectivity index (χ0) is 25.1. The number of halogens is 3. The van der Waals surface area contributed by atoms with E-state index in [4.69, 9.17) is 10.5 Å². The van der Waals surface area contributed by atoms with Crippen LogP contribution in [0.1, 0.15) is 24.1 Å². The minimum atomic E-state index is -4.54. The number of benzene rings is 1. The first kappa shape index (κ1) is 24.9. The van der Waals surface area contributed by atoms with Gasteiger partial charge in [-0.3, -0.25) is 19.5 Å². The Labute approximate surface area is 201 Å². The van der Waals surface area contributed by atoms with Crippen molar-refractivity contribution in [1.82, 2.24) is 9.88 Å². The molecular formula is C24H28F3N5O3. The van der Waals surface area contributed by atoms with Crippen LogP contribution in [-0.4, -0.2) is 67.6 Å². The van der Waals surface area contributed by atoms with Crippen LogP contribution >= 0.6 is 0 Å². The number of primary amides is 1. The molecule has 0 bridgehead atoms. The molecule has 11 heteroatoms. The van der Waals surface area contributed by atoms with Gasteiger partial charge in [0.25, 0.3) is 0 Å². The molecule has 0 aliphatic carbocycles. The molecule has 3 N–H and O–H groups in total. The monoisotopic (exact) mass is 491 g/mol. The van der Waals surface area contributed by atoms with Crippen molar-refractivity contribution in [2.75, 3.05) is 56.2 Å². The Kier molecular flexibility index (Phi) is 7.27. The average Bonchev–Trinajstić information content (AvgIpc) is 2.84. The normalized spacial score (nSPS) is 21.5. The number of aromatic nitrogens is 1. The van der Waals surface area contributed by atoms with Crippen LogP contribution in [0.4, 0.5) is 24.5 Å². The fourth-order valence-corrected chi connectivity index (χ4v) is 4.75. The van der Waals surface area contributed by atoms with E-state index in [2.05, 4.69) is 10.3 Å². The molecule has 1 atom stereocenters. The van der Waals surface area contributed by atoms with E-state index in [1.165, 1.54) is 6.07 Å². The third kappa shape index (κ3) is 5.57. The number of anilines is 2. The lowest BCUT2D eigenvalue weighted by Gasteiger charge is -2.40. The second kappa shape index (κ2) is 10.2. The fraction of sp³-hybridized carbons (Fsp3) is 0.458. The number of rotatable bonds is 6. The first-order chi connectivity index (χ1) is 16.7. The van der Waals surface area contributed by atoms with E-state index in [1.54, 1.807) is 29.3 Å². The minimum absolute atomic E-state index is 0.0922. The van der Waals surface area contributed by atoms with Crippen LogP contribution in [0.25, 0.3) is 0 Å². The van der Waals surface area contributed by atoms with Crippen molar-refractivity contribution in [2.45, 2.75) is 24.4 Å². The topological polar surface area (TPSA) is 101 Å². The Balaban J connectivity index is 1.53. The van der Waals surface area contributed by atoms with Gasteiger partial charge in [0.15, 0.2) is 0 Å². The summed E-state index contributed by atoms with van der Waals surface area (Å²) in [6, 6.07) is 8.61. The fourth-order valence-electron chi connectivity index (χ4n) is 4.75. The molecular weight excluding hydrogens is 463 g/mol. The van der Waals surface area contributed by atoms with Gasteiger partial charge in [0.2, 0.25) is 11.8 Å². The molecule has 0 saturated carbocycles. The molecule has 2 aromatic rings. The van der Waals surface area contributed by atoms with Crippen LogP contribution in [-0.2, 0) is 25.9 Å². The highest BCUT2D eigenvalue weighted by Crippen LogP contribution is 2.36. The largest absolute Gasteiger partial charge is 0.416 e. The van der Waals surface area contributed by atoms with Gasteiger partial charge in [-0.1, -0.05) is 6.07 Å². The Bertz CT molecular complexity index is 1060. The molecule has 0 spiro atoms. The highest BCUT2D eigenvalue weighted by molar-refractivity contribution is 5.96. The van der Waals surface area contributed by atoms with Gasteiger partial charge >= 0.3 is 6.18 Å². The first-order valence-corrected chi connectivity index (χ1v) is 11.5. The third-order valence-electron chi connectivity index (χ3n) is 6.52. The average molecular weight is 492 g/mol. The molecule has 2 aliphatic rings. The molecule has 1 aromatic carbocycles. The smallest absolute Gasteiger partial charge is 0.378 e. The molecule has 4 rings (SSSR count). The second-order valence-corrected chi connectivity index (χ2v) is 8.85. The van der Waals surface area contributed by atoms with Crippen molar-refractivity contribution in [2.24, 2.45) is 5.73 Å². The van der Waals surface area contributed by atoms with Crippen molar-refractivity contribution in [3.8, 4) is 0 Å². The van der Waals surface area contributed by atoms with E-state index in [1.807, 2.05) is 4.90 Å². The number of hydrogen-bond donors (Lipinski definition) is 2. The summed E-state index contributed by atoms with van der Waals surface area (Å²) < 4.78 is 45.4. The Morgan fingerprint density at radius 2 is 1.91 bits per heavy atom. The van der Waals surface area contributed by atoms with Gasteiger partial charge in [0.05, 0.1) is 42.4 Å². The third-order valence-corrected chi connectivity index (χ3v) is 6.52. The lowest BCUT2D eigenvalue weighted by atomic mass is 9.76. The van der Waals surface area contributed by atoms with E-state index in [-0.39, 0.29) is 18.8 Å². The Morgan fingerprint density at radius 1 is 1.14 bits per heavy atom. The van der Waals surface area contributed by atoms with Crippen molar-refractivity contribution in [3.05, 3.63) is 53.9 Å². The molecule has 8 nitrogen and oxygen atoms in total. The first-order valence-electron chi connectivity index (χ1n) is 11.5. The maximum atomic E-state index is 13.4. The van der Waals surface area contributed by atoms with Crippen molar-refractivity contribution < 1.29 is 27.5 Å². The summed E-state index contributed by atoms with van der Waals surface area (Å²) in [6.07, 6.45) is -1.83. The number of pyridine rings is 1. The van der Waals surface area contributed by atoms with Crippen LogP contribution in [0.3, 0.4) is 0 Å². The van der Waals surface area contributed by atoms with E-state index < -0.39 is 29.0 Å². The second-order valence-electron chi connectivity index (χ2n) is 8.85. The number of nitrogens with two attached hydrogens (primary N) is 1. The van der Waals surface area contributed by atoms with E-state index in [0.29, 0.717) is 57.1 Å². The zero-order valence-electron chi connectivity index (χ0n) is 19.2. The Morgan fingerprint density at radius 3 is 2.57 bits per heavy atom. The molecule has 1 unspecified atom stereocenters. The number of nitrogens with one attached hydrogen (secondary N) is 1. The van der Waals surface area contributed by atoms with Crippen molar-refractivity contribution >= 4 is 23.2 Å². The van der Waals surface area contributed by atoms with Crippen LogP contribution < -0.4 is 16.0 Å². The molecule has 3 heterocycles. The number of nitrogens with zero attached hydrogens (tertiary/aromatic N) is 3. The van der Waals surface area contributed by atoms with Crippen LogP contribution in [0.5, 0.6) is 0 Å². The predicted octanol–water partition coefficient (Wildman–Crippen LogP) is 2.39. The number of ether oxygens (including phenoxy) is 1. The lowest BCUT2D eigenvalue weighted by Crippen LogP contribution is -2.55. The summed E-state index contributed by atoms with van der Waals surface area (Å²) in [7, 11) is 0. The molecule has 188 valence electrons. The van der Waals surface area contributed by atoms with Crippen LogP contribution in [0.15, 0.2) is 42.6 Å². The number of piperidine rings is 1. The SMILES string of the molecule is NC(=O)C1(c2ccccn2)CCCN(CC(=O)Nc2cc(C(F)(F)F)ccc2N2CCOCC2)C1. The van der Waals surface area contributed by atoms with Gasteiger partial charge in [0, 0.05) is 25.8 Å². The number of amides is 2. The van der Waals surface area contributed by atoms with Gasteiger partial charge in [-0.05, 0) is 49.7 Å².